The minimum Gasteiger partial charge on any atom is -0.255 e. The summed E-state index contributed by atoms with van der Waals surface area (Å²) >= 11 is 0. The third kappa shape index (κ3) is 36.2. The molecule has 0 fully saturated rings. The van der Waals surface area contributed by atoms with E-state index in [1.165, 1.54) is 29.5 Å². The Kier molecular flexibility index (Phi) is 105. The van der Waals surface area contributed by atoms with Crippen molar-refractivity contribution in [1.82, 2.24) is 0 Å². The standard InChI is InChI=1S/C15H16.5C2H6.CH3F.2CH4.B2/c1-2-6-13-9-11-15(12-10-13)14-7-4-3-5-8-14;6*1-2;;;1-2/h3-5,7-12H,2,6H2,1H3;5*1-2H3;1H3;2*1H4;. The molecular formula is C28H57B2F. The van der Waals surface area contributed by atoms with Gasteiger partial charge in [0.15, 0.2) is 0 Å². The van der Waals surface area contributed by atoms with E-state index < -0.39 is 0 Å². The molecule has 0 heterocycles. The van der Waals surface area contributed by atoms with Crippen molar-refractivity contribution in [2.75, 3.05) is 7.18 Å². The van der Waals surface area contributed by atoms with Crippen LogP contribution in [0, 0.1) is 0 Å². The van der Waals surface area contributed by atoms with Gasteiger partial charge in [0.05, 0.1) is 7.18 Å². The molecular weight excluding hydrogens is 377 g/mol. The molecule has 0 aliphatic carbocycles. The highest BCUT2D eigenvalue weighted by atomic mass is 19.1. The van der Waals surface area contributed by atoms with Crippen LogP contribution in [0.3, 0.4) is 0 Å². The Morgan fingerprint density at radius 3 is 1.13 bits per heavy atom. The average molecular weight is 434 g/mol. The Hall–Kier alpha value is -1.50. The quantitative estimate of drug-likeness (QED) is 0.422. The van der Waals surface area contributed by atoms with E-state index >= 15 is 0 Å². The molecule has 0 saturated carbocycles. The molecule has 0 aromatic heterocycles. The van der Waals surface area contributed by atoms with Gasteiger partial charge in [-0.05, 0) is 23.1 Å². The van der Waals surface area contributed by atoms with Gasteiger partial charge in [-0.3, -0.25) is 4.39 Å². The van der Waals surface area contributed by atoms with Crippen LogP contribution in [-0.4, -0.2) is 22.7 Å². The molecule has 0 amide bonds. The predicted molar refractivity (Wildman–Crippen MR) is 155 cm³/mol. The largest absolute Gasteiger partial charge is 0.255 e. The summed E-state index contributed by atoms with van der Waals surface area (Å²) in [5.41, 5.74) is 4.02. The van der Waals surface area contributed by atoms with Gasteiger partial charge in [0.25, 0.3) is 0 Å². The molecule has 0 bridgehead atoms. The normalized spacial score (nSPS) is 6.23. The van der Waals surface area contributed by atoms with E-state index in [9.17, 15) is 4.39 Å². The highest BCUT2D eigenvalue weighted by Crippen LogP contribution is 2.19. The monoisotopic (exact) mass is 434 g/mol. The number of alkyl halides is 1. The maximum absolute atomic E-state index is 9.50. The molecule has 2 aromatic rings. The maximum Gasteiger partial charge on any atom is 0.0785 e. The number of hydrogen-bond donors (Lipinski definition) is 0. The van der Waals surface area contributed by atoms with Crippen molar-refractivity contribution in [1.29, 1.82) is 0 Å². The molecule has 0 saturated heterocycles. The summed E-state index contributed by atoms with van der Waals surface area (Å²) in [4.78, 5) is 0. The van der Waals surface area contributed by atoms with Crippen molar-refractivity contribution in [3.63, 3.8) is 0 Å². The minimum atomic E-state index is 0. The minimum absolute atomic E-state index is 0. The number of rotatable bonds is 3. The lowest BCUT2D eigenvalue weighted by atomic mass is 9.81. The molecule has 0 atom stereocenters. The van der Waals surface area contributed by atoms with Gasteiger partial charge < -0.3 is 0 Å². The Labute approximate surface area is 202 Å². The van der Waals surface area contributed by atoms with E-state index in [1.54, 1.807) is 0 Å². The fourth-order valence-electron chi connectivity index (χ4n) is 1.78. The topological polar surface area (TPSA) is 0 Å². The molecule has 2 rings (SSSR count). The van der Waals surface area contributed by atoms with E-state index in [0.717, 1.165) is 0 Å². The van der Waals surface area contributed by atoms with Crippen LogP contribution < -0.4 is 0 Å². The van der Waals surface area contributed by atoms with E-state index in [4.69, 9.17) is 0 Å². The van der Waals surface area contributed by atoms with Gasteiger partial charge in [0, 0.05) is 15.5 Å². The average Bonchev–Trinajstić information content (AvgIpc) is 2.89. The predicted octanol–water partition coefficient (Wildman–Crippen LogP) is 10.5. The van der Waals surface area contributed by atoms with Crippen LogP contribution in [0.1, 0.15) is 103 Å². The van der Waals surface area contributed by atoms with E-state index in [0.29, 0.717) is 7.18 Å². The number of aryl methyl sites for hydroxylation is 1. The van der Waals surface area contributed by atoms with E-state index in [2.05, 4.69) is 77.0 Å². The summed E-state index contributed by atoms with van der Waals surface area (Å²) in [6.07, 6.45) is 2.39. The fraction of sp³-hybridized carbons (Fsp3) is 0.571. The number of benzene rings is 2. The molecule has 0 aliphatic rings. The van der Waals surface area contributed by atoms with Crippen molar-refractivity contribution >= 4 is 15.5 Å². The van der Waals surface area contributed by atoms with E-state index in [-0.39, 0.29) is 14.9 Å². The van der Waals surface area contributed by atoms with Crippen LogP contribution in [0.5, 0.6) is 0 Å². The van der Waals surface area contributed by atoms with Crippen molar-refractivity contribution in [3.8, 4) is 11.1 Å². The van der Waals surface area contributed by atoms with Crippen LogP contribution in [-0.2, 0) is 6.42 Å². The van der Waals surface area contributed by atoms with Gasteiger partial charge in [-0.15, -0.1) is 0 Å². The first kappa shape index (κ1) is 51.8. The van der Waals surface area contributed by atoms with Crippen molar-refractivity contribution in [2.24, 2.45) is 0 Å². The second-order valence-corrected chi connectivity index (χ2v) is 3.81. The van der Waals surface area contributed by atoms with Gasteiger partial charge in [-0.2, -0.15) is 0 Å². The molecule has 3 heteroatoms. The third-order valence-corrected chi connectivity index (χ3v) is 2.60. The lowest BCUT2D eigenvalue weighted by Gasteiger charge is -2.03. The second-order valence-electron chi connectivity index (χ2n) is 3.81. The molecule has 0 spiro atoms. The lowest BCUT2D eigenvalue weighted by molar-refractivity contribution is 0.636. The lowest BCUT2D eigenvalue weighted by Crippen LogP contribution is -1.83. The zero-order chi connectivity index (χ0) is 24.5. The molecule has 0 nitrogen and oxygen atoms in total. The van der Waals surface area contributed by atoms with Crippen molar-refractivity contribution < 1.29 is 4.39 Å². The van der Waals surface area contributed by atoms with Crippen LogP contribution in [0.25, 0.3) is 11.1 Å². The molecule has 182 valence electrons. The first-order valence-corrected chi connectivity index (χ1v) is 11.3. The molecule has 4 radical (unpaired) electrons. The molecule has 0 N–H and O–H groups in total. The van der Waals surface area contributed by atoms with Crippen molar-refractivity contribution in [3.05, 3.63) is 60.2 Å². The Morgan fingerprint density at radius 2 is 0.839 bits per heavy atom. The van der Waals surface area contributed by atoms with Crippen molar-refractivity contribution in [2.45, 2.75) is 104 Å². The van der Waals surface area contributed by atoms with Gasteiger partial charge >= 0.3 is 0 Å². The van der Waals surface area contributed by atoms with Gasteiger partial charge in [-0.25, -0.2) is 0 Å². The first-order valence-electron chi connectivity index (χ1n) is 11.3. The summed E-state index contributed by atoms with van der Waals surface area (Å²) < 4.78 is 9.50. The fourth-order valence-corrected chi connectivity index (χ4v) is 1.78. The Morgan fingerprint density at radius 1 is 0.548 bits per heavy atom. The maximum atomic E-state index is 9.50. The molecule has 2 aromatic carbocycles. The second kappa shape index (κ2) is 63.0. The first-order chi connectivity index (χ1) is 14.4. The SMILES string of the molecule is C.C.CC.CC.CC.CC.CC.CCCc1ccc(-c2ccccc2)cc1.CF.[B][B]. The summed E-state index contributed by atoms with van der Waals surface area (Å²) in [6, 6.07) is 19.4. The van der Waals surface area contributed by atoms with Gasteiger partial charge in [0.1, 0.15) is 0 Å². The van der Waals surface area contributed by atoms with Crippen LogP contribution in [0.2, 0.25) is 0 Å². The summed E-state index contributed by atoms with van der Waals surface area (Å²) in [6.45, 7) is 22.2. The summed E-state index contributed by atoms with van der Waals surface area (Å²) in [5.74, 6) is 0. The molecule has 31 heavy (non-hydrogen) atoms. The summed E-state index contributed by atoms with van der Waals surface area (Å²) in [7, 11) is 8.50. The van der Waals surface area contributed by atoms with E-state index in [1.807, 2.05) is 69.2 Å². The highest BCUT2D eigenvalue weighted by molar-refractivity contribution is 6.75. The Bertz CT molecular complexity index is 415. The molecule has 0 aliphatic heterocycles. The third-order valence-electron chi connectivity index (χ3n) is 2.60. The van der Waals surface area contributed by atoms with Crippen LogP contribution in [0.15, 0.2) is 54.6 Å². The smallest absolute Gasteiger partial charge is 0.0785 e. The highest BCUT2D eigenvalue weighted by Gasteiger charge is 1.96. The number of hydrogen-bond acceptors (Lipinski definition) is 0. The molecule has 0 unspecified atom stereocenters. The zero-order valence-electron chi connectivity index (χ0n) is 21.6. The van der Waals surface area contributed by atoms with Gasteiger partial charge in [0.2, 0.25) is 0 Å². The zero-order valence-corrected chi connectivity index (χ0v) is 21.6. The van der Waals surface area contributed by atoms with Gasteiger partial charge in [-0.1, -0.05) is 152 Å². The van der Waals surface area contributed by atoms with Crippen LogP contribution in [0.4, 0.5) is 4.39 Å². The summed E-state index contributed by atoms with van der Waals surface area (Å²) in [5, 5.41) is 0. The van der Waals surface area contributed by atoms with Crippen LogP contribution >= 0.6 is 0 Å². The Balaban J connectivity index is -0.0000000476. The number of halogens is 1.